The Labute approximate surface area is 204 Å². The van der Waals surface area contributed by atoms with E-state index in [0.29, 0.717) is 35.9 Å². The summed E-state index contributed by atoms with van der Waals surface area (Å²) in [6, 6.07) is 9.46. The smallest absolute Gasteiger partial charge is 0.379 e. The zero-order chi connectivity index (χ0) is 25.2. The van der Waals surface area contributed by atoms with Crippen LogP contribution in [0.1, 0.15) is 12.5 Å². The summed E-state index contributed by atoms with van der Waals surface area (Å²) in [7, 11) is -3.70. The van der Waals surface area contributed by atoms with Crippen LogP contribution < -0.4 is 5.32 Å². The van der Waals surface area contributed by atoms with Crippen molar-refractivity contribution < 1.29 is 31.1 Å². The zero-order valence-corrected chi connectivity index (χ0v) is 20.3. The highest BCUT2D eigenvalue weighted by atomic mass is 32.2. The largest absolute Gasteiger partial charge is 0.418 e. The molecular weight excluding hydrogens is 505 g/mol. The van der Waals surface area contributed by atoms with E-state index in [9.17, 15) is 26.4 Å². The predicted octanol–water partition coefficient (Wildman–Crippen LogP) is 3.83. The molecule has 0 saturated carbocycles. The van der Waals surface area contributed by atoms with Gasteiger partial charge in [-0.1, -0.05) is 23.9 Å². The normalized spacial score (nSPS) is 15.4. The third-order valence-electron chi connectivity index (χ3n) is 5.45. The number of halogens is 3. The van der Waals surface area contributed by atoms with Crippen LogP contribution in [0, 0.1) is 0 Å². The van der Waals surface area contributed by atoms with Crippen LogP contribution in [-0.4, -0.2) is 60.2 Å². The Hall–Kier alpha value is -2.61. The van der Waals surface area contributed by atoms with Crippen molar-refractivity contribution in [3.63, 3.8) is 0 Å². The van der Waals surface area contributed by atoms with Crippen molar-refractivity contribution >= 4 is 44.4 Å². The lowest BCUT2D eigenvalue weighted by atomic mass is 10.1. The molecule has 3 aromatic rings. The van der Waals surface area contributed by atoms with E-state index in [2.05, 4.69) is 10.3 Å². The first-order chi connectivity index (χ1) is 16.6. The van der Waals surface area contributed by atoms with E-state index in [1.54, 1.807) is 6.07 Å². The fraction of sp³-hybridized carbons (Fsp3) is 0.364. The molecule has 2 heterocycles. The quantitative estimate of drug-likeness (QED) is 0.469. The molecule has 0 spiro atoms. The van der Waals surface area contributed by atoms with Gasteiger partial charge in [-0.25, -0.2) is 13.4 Å². The molecule has 35 heavy (non-hydrogen) atoms. The molecule has 2 aromatic carbocycles. The Morgan fingerprint density at radius 1 is 1.17 bits per heavy atom. The van der Waals surface area contributed by atoms with Gasteiger partial charge in [0.15, 0.2) is 5.16 Å². The number of ether oxygens (including phenoxy) is 1. The van der Waals surface area contributed by atoms with Crippen molar-refractivity contribution in [2.45, 2.75) is 29.7 Å². The van der Waals surface area contributed by atoms with E-state index in [-0.39, 0.29) is 29.4 Å². The van der Waals surface area contributed by atoms with Crippen LogP contribution in [0.4, 0.5) is 18.9 Å². The standard InChI is InChI=1S/C22H23F3N4O4S2/c1-2-29-19-8-7-15(35(31,32)28-9-11-33-12-10-28)13-18(19)27-21(29)34-14-20(30)26-17-6-4-3-5-16(17)22(23,24)25/h3-8,13H,2,9-12,14H2,1H3,(H,26,30). The minimum absolute atomic E-state index is 0.116. The van der Waals surface area contributed by atoms with E-state index in [1.807, 2.05) is 11.5 Å². The lowest BCUT2D eigenvalue weighted by Crippen LogP contribution is -2.40. The molecule has 0 bridgehead atoms. The van der Waals surface area contributed by atoms with Crippen LogP contribution in [-0.2, 0) is 32.3 Å². The number of fused-ring (bicyclic) bond motifs is 1. The average Bonchev–Trinajstić information content (AvgIpc) is 3.19. The number of alkyl halides is 3. The van der Waals surface area contributed by atoms with Crippen LogP contribution in [0.15, 0.2) is 52.5 Å². The van der Waals surface area contributed by atoms with Crippen molar-refractivity contribution in [2.75, 3.05) is 37.4 Å². The molecule has 188 valence electrons. The third-order valence-corrected chi connectivity index (χ3v) is 8.32. The Kier molecular flexibility index (Phi) is 7.40. The van der Waals surface area contributed by atoms with Gasteiger partial charge in [-0.15, -0.1) is 0 Å². The summed E-state index contributed by atoms with van der Waals surface area (Å²) >= 11 is 1.06. The molecule has 1 aliphatic heterocycles. The first kappa shape index (κ1) is 25.5. The van der Waals surface area contributed by atoms with E-state index >= 15 is 0 Å². The number of morpholine rings is 1. The maximum absolute atomic E-state index is 13.2. The number of anilines is 1. The Morgan fingerprint density at radius 2 is 1.89 bits per heavy atom. The second-order valence-corrected chi connectivity index (χ2v) is 10.6. The highest BCUT2D eigenvalue weighted by molar-refractivity contribution is 7.99. The Bertz CT molecular complexity index is 1340. The number of para-hydroxylation sites is 1. The monoisotopic (exact) mass is 528 g/mol. The van der Waals surface area contributed by atoms with Crippen molar-refractivity contribution in [3.05, 3.63) is 48.0 Å². The number of hydrogen-bond acceptors (Lipinski definition) is 6. The number of rotatable bonds is 7. The summed E-state index contributed by atoms with van der Waals surface area (Å²) in [6.07, 6.45) is -4.59. The molecule has 4 rings (SSSR count). The van der Waals surface area contributed by atoms with Crippen molar-refractivity contribution in [2.24, 2.45) is 0 Å². The second-order valence-electron chi connectivity index (χ2n) is 7.69. The number of carbonyl (C=O) groups excluding carboxylic acids is 1. The minimum atomic E-state index is -4.59. The number of benzene rings is 2. The molecule has 0 atom stereocenters. The molecule has 0 aliphatic carbocycles. The molecule has 1 saturated heterocycles. The summed E-state index contributed by atoms with van der Waals surface area (Å²) in [4.78, 5) is 17.0. The van der Waals surface area contributed by atoms with Gasteiger partial charge in [-0.3, -0.25) is 4.79 Å². The molecule has 0 radical (unpaired) electrons. The molecule has 0 unspecified atom stereocenters. The van der Waals surface area contributed by atoms with Gasteiger partial charge < -0.3 is 14.6 Å². The number of carbonyl (C=O) groups is 1. The Morgan fingerprint density at radius 3 is 2.57 bits per heavy atom. The summed E-state index contributed by atoms with van der Waals surface area (Å²) in [5, 5.41) is 2.77. The molecule has 1 aromatic heterocycles. The zero-order valence-electron chi connectivity index (χ0n) is 18.7. The fourth-order valence-electron chi connectivity index (χ4n) is 3.76. The van der Waals surface area contributed by atoms with Crippen LogP contribution in [0.2, 0.25) is 0 Å². The summed E-state index contributed by atoms with van der Waals surface area (Å²) < 4.78 is 73.9. The molecule has 1 amide bonds. The van der Waals surface area contributed by atoms with Gasteiger partial charge in [-0.05, 0) is 37.3 Å². The van der Waals surface area contributed by atoms with Crippen molar-refractivity contribution in [1.82, 2.24) is 13.9 Å². The highest BCUT2D eigenvalue weighted by Gasteiger charge is 2.33. The van der Waals surface area contributed by atoms with E-state index in [4.69, 9.17) is 4.74 Å². The first-order valence-corrected chi connectivity index (χ1v) is 13.2. The number of hydrogen-bond donors (Lipinski definition) is 1. The number of thioether (sulfide) groups is 1. The average molecular weight is 529 g/mol. The van der Waals surface area contributed by atoms with Crippen LogP contribution in [0.3, 0.4) is 0 Å². The number of nitrogens with one attached hydrogen (secondary N) is 1. The molecule has 1 fully saturated rings. The first-order valence-electron chi connectivity index (χ1n) is 10.8. The fourth-order valence-corrected chi connectivity index (χ4v) is 6.06. The van der Waals surface area contributed by atoms with E-state index in [0.717, 1.165) is 17.8 Å². The minimum Gasteiger partial charge on any atom is -0.379 e. The summed E-state index contributed by atoms with van der Waals surface area (Å²) in [6.45, 7) is 3.61. The highest BCUT2D eigenvalue weighted by Crippen LogP contribution is 2.35. The molecule has 1 aliphatic rings. The predicted molar refractivity (Wildman–Crippen MR) is 126 cm³/mol. The summed E-state index contributed by atoms with van der Waals surface area (Å²) in [5.41, 5.74) is -0.0917. The van der Waals surface area contributed by atoms with E-state index in [1.165, 1.54) is 34.6 Å². The molecule has 1 N–H and O–H groups in total. The summed E-state index contributed by atoms with van der Waals surface area (Å²) in [5.74, 6) is -0.786. The lowest BCUT2D eigenvalue weighted by molar-refractivity contribution is -0.137. The lowest BCUT2D eigenvalue weighted by Gasteiger charge is -2.26. The maximum atomic E-state index is 13.2. The maximum Gasteiger partial charge on any atom is 0.418 e. The molecule has 13 heteroatoms. The van der Waals surface area contributed by atoms with Gasteiger partial charge in [-0.2, -0.15) is 17.5 Å². The van der Waals surface area contributed by atoms with Gasteiger partial charge >= 0.3 is 6.18 Å². The second kappa shape index (κ2) is 10.2. The molecular formula is C22H23F3N4O4S2. The van der Waals surface area contributed by atoms with Crippen LogP contribution in [0.25, 0.3) is 11.0 Å². The third kappa shape index (κ3) is 5.47. The van der Waals surface area contributed by atoms with Gasteiger partial charge in [0.2, 0.25) is 15.9 Å². The Balaban J connectivity index is 1.52. The number of aryl methyl sites for hydroxylation is 1. The number of aromatic nitrogens is 2. The van der Waals surface area contributed by atoms with Gasteiger partial charge in [0.25, 0.3) is 0 Å². The number of imidazole rings is 1. The number of sulfonamides is 1. The molecule has 8 nitrogen and oxygen atoms in total. The van der Waals surface area contributed by atoms with Crippen LogP contribution >= 0.6 is 11.8 Å². The number of amides is 1. The van der Waals surface area contributed by atoms with Crippen LogP contribution in [0.5, 0.6) is 0 Å². The SMILES string of the molecule is CCn1c(SCC(=O)Nc2ccccc2C(F)(F)F)nc2cc(S(=O)(=O)N3CCOCC3)ccc21. The number of nitrogens with zero attached hydrogens (tertiary/aromatic N) is 3. The topological polar surface area (TPSA) is 93.5 Å². The van der Waals surface area contributed by atoms with Gasteiger partial charge in [0.05, 0.1) is 46.1 Å². The van der Waals surface area contributed by atoms with E-state index < -0.39 is 27.7 Å². The van der Waals surface area contributed by atoms with Crippen molar-refractivity contribution in [1.29, 1.82) is 0 Å². The van der Waals surface area contributed by atoms with Gasteiger partial charge in [0, 0.05) is 19.6 Å². The van der Waals surface area contributed by atoms with Crippen molar-refractivity contribution in [3.8, 4) is 0 Å². The van der Waals surface area contributed by atoms with Gasteiger partial charge in [0.1, 0.15) is 0 Å².